The topological polar surface area (TPSA) is 118 Å². The van der Waals surface area contributed by atoms with Crippen LogP contribution in [-0.4, -0.2) is 61.7 Å². The maximum Gasteiger partial charge on any atom is 0.294 e. The van der Waals surface area contributed by atoms with Gasteiger partial charge in [0, 0.05) is 43.9 Å². The van der Waals surface area contributed by atoms with Crippen molar-refractivity contribution >= 4 is 22.4 Å². The molecule has 1 aliphatic rings. The predicted octanol–water partition coefficient (Wildman–Crippen LogP) is 3.86. The van der Waals surface area contributed by atoms with Gasteiger partial charge in [0.1, 0.15) is 5.82 Å². The van der Waals surface area contributed by atoms with Gasteiger partial charge in [-0.2, -0.15) is 22.4 Å². The van der Waals surface area contributed by atoms with E-state index in [4.69, 9.17) is 9.26 Å². The second kappa shape index (κ2) is 12.2. The number of aryl methyl sites for hydroxylation is 2. The molecule has 0 saturated carbocycles. The average molecular weight is 580 g/mol. The summed E-state index contributed by atoms with van der Waals surface area (Å²) in [7, 11) is -3.98. The molecule has 1 saturated heterocycles. The average Bonchev–Trinajstić information content (AvgIpc) is 3.44. The number of anilines is 1. The zero-order valence-corrected chi connectivity index (χ0v) is 23.5. The van der Waals surface area contributed by atoms with Gasteiger partial charge in [-0.05, 0) is 55.8 Å². The molecule has 1 aliphatic heterocycles. The number of piperazine rings is 1. The summed E-state index contributed by atoms with van der Waals surface area (Å²) in [5.41, 5.74) is 4.50. The molecule has 0 amide bonds. The third kappa shape index (κ3) is 6.79. The molecule has 1 N–H and O–H groups in total. The number of nitrogens with zero attached hydrogens (tertiary/aromatic N) is 4. The highest BCUT2D eigenvalue weighted by Crippen LogP contribution is 2.26. The van der Waals surface area contributed by atoms with E-state index in [1.54, 1.807) is 6.07 Å². The lowest BCUT2D eigenvalue weighted by Crippen LogP contribution is -2.54. The van der Waals surface area contributed by atoms with Gasteiger partial charge in [0.05, 0.1) is 5.56 Å². The minimum Gasteiger partial charge on any atom is -0.447 e. The Morgan fingerprint density at radius 3 is 2.29 bits per heavy atom. The van der Waals surface area contributed by atoms with Crippen LogP contribution < -0.4 is 9.62 Å². The van der Waals surface area contributed by atoms with Crippen LogP contribution >= 0.6 is 0 Å². The Kier molecular flexibility index (Phi) is 8.43. The third-order valence-corrected chi connectivity index (χ3v) is 8.50. The van der Waals surface area contributed by atoms with E-state index in [-0.39, 0.29) is 43.3 Å². The summed E-state index contributed by atoms with van der Waals surface area (Å²) in [6.45, 7) is 5.68. The van der Waals surface area contributed by atoms with E-state index in [0.717, 1.165) is 16.8 Å². The van der Waals surface area contributed by atoms with Crippen molar-refractivity contribution in [3.8, 4) is 22.8 Å². The maximum absolute atomic E-state index is 15.1. The van der Waals surface area contributed by atoms with Crippen molar-refractivity contribution in [1.29, 1.82) is 0 Å². The molecule has 3 aromatic carbocycles. The van der Waals surface area contributed by atoms with E-state index in [1.165, 1.54) is 16.4 Å². The van der Waals surface area contributed by atoms with Gasteiger partial charge in [0.2, 0.25) is 5.82 Å². The van der Waals surface area contributed by atoms with Gasteiger partial charge in [-0.25, -0.2) is 4.39 Å². The molecule has 1 fully saturated rings. The normalized spacial score (nSPS) is 15.0. The Morgan fingerprint density at radius 2 is 1.66 bits per heavy atom. The SMILES string of the molecule is Cc1ccc(-c2nc(-c3ccc(CC(NS(=O)(=O)N4CCN(c5ccc(C)cc5)CC4)OC=O)cc3F)no2)cc1. The van der Waals surface area contributed by atoms with Crippen molar-refractivity contribution in [2.75, 3.05) is 31.1 Å². The quantitative estimate of drug-likeness (QED) is 0.222. The van der Waals surface area contributed by atoms with E-state index >= 15 is 4.39 Å². The molecule has 0 radical (unpaired) electrons. The van der Waals surface area contributed by atoms with Crippen LogP contribution in [0.25, 0.3) is 22.8 Å². The summed E-state index contributed by atoms with van der Waals surface area (Å²) >= 11 is 0. The van der Waals surface area contributed by atoms with E-state index in [2.05, 4.69) is 19.8 Å². The highest BCUT2D eigenvalue weighted by molar-refractivity contribution is 7.87. The minimum absolute atomic E-state index is 0.0794. The molecule has 0 aliphatic carbocycles. The molecule has 0 bridgehead atoms. The van der Waals surface area contributed by atoms with Crippen LogP contribution in [-0.2, 0) is 26.2 Å². The van der Waals surface area contributed by atoms with Gasteiger partial charge in [-0.1, -0.05) is 46.6 Å². The Balaban J connectivity index is 1.23. The number of aromatic nitrogens is 2. The van der Waals surface area contributed by atoms with Crippen molar-refractivity contribution in [2.24, 2.45) is 0 Å². The number of ether oxygens (including phenoxy) is 1. The number of hydrogen-bond acceptors (Lipinski definition) is 8. The number of carbonyl (C=O) groups is 1. The summed E-state index contributed by atoms with van der Waals surface area (Å²) in [4.78, 5) is 17.6. The second-order valence-electron chi connectivity index (χ2n) is 9.87. The van der Waals surface area contributed by atoms with Crippen molar-refractivity contribution in [1.82, 2.24) is 19.2 Å². The van der Waals surface area contributed by atoms with Crippen LogP contribution in [0.15, 0.2) is 71.3 Å². The first-order chi connectivity index (χ1) is 19.7. The molecular formula is C29H30FN5O5S. The Hall–Kier alpha value is -4.13. The van der Waals surface area contributed by atoms with Crippen molar-refractivity contribution in [3.05, 3.63) is 89.2 Å². The smallest absolute Gasteiger partial charge is 0.294 e. The number of hydrogen-bond donors (Lipinski definition) is 1. The number of nitrogens with one attached hydrogen (secondary N) is 1. The first-order valence-corrected chi connectivity index (χ1v) is 14.5. The fraction of sp³-hybridized carbons (Fsp3) is 0.276. The number of carbonyl (C=O) groups excluding carboxylic acids is 1. The molecule has 4 aromatic rings. The van der Waals surface area contributed by atoms with Gasteiger partial charge in [-0.3, -0.25) is 4.79 Å². The summed E-state index contributed by atoms with van der Waals surface area (Å²) < 4.78 is 55.3. The van der Waals surface area contributed by atoms with Crippen molar-refractivity contribution in [3.63, 3.8) is 0 Å². The van der Waals surface area contributed by atoms with Crippen LogP contribution in [0.2, 0.25) is 0 Å². The molecule has 0 spiro atoms. The van der Waals surface area contributed by atoms with Gasteiger partial charge in [0.15, 0.2) is 6.23 Å². The molecule has 5 rings (SSSR count). The highest BCUT2D eigenvalue weighted by Gasteiger charge is 2.30. The lowest BCUT2D eigenvalue weighted by atomic mass is 10.1. The molecule has 214 valence electrons. The summed E-state index contributed by atoms with van der Waals surface area (Å²) in [5, 5.41) is 3.90. The van der Waals surface area contributed by atoms with Gasteiger partial charge >= 0.3 is 0 Å². The molecule has 2 heterocycles. The zero-order chi connectivity index (χ0) is 29.0. The summed E-state index contributed by atoms with van der Waals surface area (Å²) in [5.74, 6) is -0.286. The lowest BCUT2D eigenvalue weighted by molar-refractivity contribution is -0.133. The number of halogens is 1. The van der Waals surface area contributed by atoms with E-state index in [9.17, 15) is 13.2 Å². The summed E-state index contributed by atoms with van der Waals surface area (Å²) in [6.07, 6.45) is -1.31. The lowest BCUT2D eigenvalue weighted by Gasteiger charge is -2.35. The van der Waals surface area contributed by atoms with Crippen molar-refractivity contribution < 1.29 is 26.9 Å². The maximum atomic E-state index is 15.1. The van der Waals surface area contributed by atoms with Gasteiger partial charge < -0.3 is 14.2 Å². The minimum atomic E-state index is -3.98. The van der Waals surface area contributed by atoms with Gasteiger partial charge in [-0.15, -0.1) is 0 Å². The second-order valence-corrected chi connectivity index (χ2v) is 11.6. The van der Waals surface area contributed by atoms with Crippen LogP contribution in [0, 0.1) is 19.7 Å². The van der Waals surface area contributed by atoms with Crippen LogP contribution in [0.3, 0.4) is 0 Å². The fourth-order valence-corrected chi connectivity index (χ4v) is 5.86. The molecule has 1 unspecified atom stereocenters. The third-order valence-electron chi connectivity index (χ3n) is 6.90. The summed E-state index contributed by atoms with van der Waals surface area (Å²) in [6, 6.07) is 19.8. The zero-order valence-electron chi connectivity index (χ0n) is 22.7. The Bertz CT molecular complexity index is 1600. The largest absolute Gasteiger partial charge is 0.447 e. The Morgan fingerprint density at radius 1 is 1.00 bits per heavy atom. The van der Waals surface area contributed by atoms with E-state index in [1.807, 2.05) is 62.4 Å². The van der Waals surface area contributed by atoms with Gasteiger partial charge in [0.25, 0.3) is 22.6 Å². The molecule has 41 heavy (non-hydrogen) atoms. The fourth-order valence-electron chi connectivity index (χ4n) is 4.59. The first kappa shape index (κ1) is 28.4. The van der Waals surface area contributed by atoms with Crippen molar-refractivity contribution in [2.45, 2.75) is 26.5 Å². The Labute approximate surface area is 237 Å². The number of benzene rings is 3. The molecule has 1 atom stereocenters. The van der Waals surface area contributed by atoms with E-state index in [0.29, 0.717) is 24.2 Å². The number of rotatable bonds is 10. The van der Waals surface area contributed by atoms with Crippen LogP contribution in [0.5, 0.6) is 0 Å². The van der Waals surface area contributed by atoms with E-state index < -0.39 is 22.3 Å². The monoisotopic (exact) mass is 579 g/mol. The molecule has 10 nitrogen and oxygen atoms in total. The van der Waals surface area contributed by atoms with Crippen LogP contribution in [0.1, 0.15) is 16.7 Å². The highest BCUT2D eigenvalue weighted by atomic mass is 32.2. The predicted molar refractivity (Wildman–Crippen MR) is 152 cm³/mol. The van der Waals surface area contributed by atoms with Crippen LogP contribution in [0.4, 0.5) is 10.1 Å². The molecular weight excluding hydrogens is 549 g/mol. The molecule has 12 heteroatoms. The molecule has 1 aromatic heterocycles. The standard InChI is InChI=1S/C29H30FN5O5S/c1-20-3-8-23(9-4-20)29-31-28(32-40-29)25-12-7-22(17-26(25)30)18-27(39-19-36)33-41(37,38)35-15-13-34(14-16-35)24-10-5-21(2)6-11-24/h3-12,17,19,27,33H,13-16,18H2,1-2H3. The first-order valence-electron chi connectivity index (χ1n) is 13.1.